The first kappa shape index (κ1) is 35.4. The van der Waals surface area contributed by atoms with Crippen molar-refractivity contribution in [2.24, 2.45) is 0 Å². The van der Waals surface area contributed by atoms with Crippen LogP contribution in [-0.2, 0) is 10.8 Å². The minimum atomic E-state index is -0.544. The van der Waals surface area contributed by atoms with Crippen molar-refractivity contribution in [1.82, 2.24) is 0 Å². The fourth-order valence-corrected chi connectivity index (χ4v) is 12.2. The maximum atomic E-state index is 6.55. The lowest BCUT2D eigenvalue weighted by Gasteiger charge is -2.35. The van der Waals surface area contributed by atoms with Crippen molar-refractivity contribution < 1.29 is 4.42 Å². The van der Waals surface area contributed by atoms with Gasteiger partial charge < -0.3 is 9.32 Å². The summed E-state index contributed by atoms with van der Waals surface area (Å²) in [6.45, 7) is 0. The Balaban J connectivity index is 1.04. The molecule has 1 aromatic heterocycles. The molecule has 1 heterocycles. The number of hydrogen-bond acceptors (Lipinski definition) is 2. The third kappa shape index (κ3) is 4.49. The van der Waals surface area contributed by atoms with Crippen molar-refractivity contribution >= 4 is 39.0 Å². The van der Waals surface area contributed by atoms with E-state index in [4.69, 9.17) is 4.42 Å². The fourth-order valence-electron chi connectivity index (χ4n) is 12.2. The van der Waals surface area contributed by atoms with Crippen molar-refractivity contribution in [3.63, 3.8) is 0 Å². The minimum absolute atomic E-state index is 0.518. The molecule has 64 heavy (non-hydrogen) atoms. The van der Waals surface area contributed by atoms with Gasteiger partial charge in [-0.15, -0.1) is 0 Å². The first-order valence-corrected chi connectivity index (χ1v) is 22.3. The molecule has 3 aliphatic carbocycles. The summed E-state index contributed by atoms with van der Waals surface area (Å²) in [5.74, 6) is 0. The summed E-state index contributed by atoms with van der Waals surface area (Å²) in [5, 5.41) is 2.34. The second kappa shape index (κ2) is 13.2. The average Bonchev–Trinajstić information content (AvgIpc) is 4.07. The Kier molecular flexibility index (Phi) is 7.28. The van der Waals surface area contributed by atoms with Gasteiger partial charge in [-0.05, 0) is 126 Å². The van der Waals surface area contributed by atoms with Gasteiger partial charge in [-0.3, -0.25) is 0 Å². The number of fused-ring (bicyclic) bond motifs is 17. The molecule has 298 valence electrons. The molecule has 3 aliphatic rings. The van der Waals surface area contributed by atoms with E-state index < -0.39 is 10.8 Å². The van der Waals surface area contributed by atoms with Gasteiger partial charge in [0.05, 0.1) is 10.8 Å². The summed E-state index contributed by atoms with van der Waals surface area (Å²) in [4.78, 5) is 2.47. The molecule has 1 atom stereocenters. The van der Waals surface area contributed by atoms with E-state index in [1.165, 1.54) is 83.3 Å². The van der Waals surface area contributed by atoms with Gasteiger partial charge in [-0.2, -0.15) is 0 Å². The molecule has 0 amide bonds. The summed E-state index contributed by atoms with van der Waals surface area (Å²) >= 11 is 0. The summed E-state index contributed by atoms with van der Waals surface area (Å²) in [6.07, 6.45) is 0. The maximum absolute atomic E-state index is 6.55. The number of furan rings is 1. The van der Waals surface area contributed by atoms with E-state index in [0.29, 0.717) is 0 Å². The van der Waals surface area contributed by atoms with Crippen LogP contribution in [0.15, 0.2) is 241 Å². The maximum Gasteiger partial charge on any atom is 0.136 e. The predicted molar refractivity (Wildman–Crippen MR) is 262 cm³/mol. The molecular formula is C62H39NO. The first-order chi connectivity index (χ1) is 31.8. The van der Waals surface area contributed by atoms with Gasteiger partial charge in [0.1, 0.15) is 11.2 Å². The van der Waals surface area contributed by atoms with Crippen LogP contribution in [0.4, 0.5) is 17.1 Å². The molecule has 0 fully saturated rings. The van der Waals surface area contributed by atoms with Gasteiger partial charge in [0.25, 0.3) is 0 Å². The zero-order valence-electron chi connectivity index (χ0n) is 34.9. The molecule has 11 aromatic rings. The molecule has 0 N–H and O–H groups in total. The number of rotatable bonds is 5. The van der Waals surface area contributed by atoms with Crippen LogP contribution in [0, 0.1) is 0 Å². The Morgan fingerprint density at radius 1 is 0.297 bits per heavy atom. The third-order valence-corrected chi connectivity index (χ3v) is 14.5. The highest BCUT2D eigenvalue weighted by molar-refractivity contribution is 6.16. The van der Waals surface area contributed by atoms with E-state index >= 15 is 0 Å². The van der Waals surface area contributed by atoms with Crippen molar-refractivity contribution in [1.29, 1.82) is 0 Å². The van der Waals surface area contributed by atoms with Crippen LogP contribution in [0.5, 0.6) is 0 Å². The lowest BCUT2D eigenvalue weighted by Crippen LogP contribution is -2.28. The van der Waals surface area contributed by atoms with Crippen molar-refractivity contribution in [3.05, 3.63) is 281 Å². The summed E-state index contributed by atoms with van der Waals surface area (Å²) < 4.78 is 6.55. The van der Waals surface area contributed by atoms with E-state index in [0.717, 1.165) is 33.6 Å². The molecule has 14 rings (SSSR count). The fraction of sp³-hybridized carbons (Fsp3) is 0.0323. The monoisotopic (exact) mass is 813 g/mol. The Hall–Kier alpha value is -8.20. The van der Waals surface area contributed by atoms with Crippen LogP contribution in [0.25, 0.3) is 55.3 Å². The lowest BCUT2D eigenvalue weighted by molar-refractivity contribution is 0.668. The van der Waals surface area contributed by atoms with E-state index in [9.17, 15) is 0 Å². The molecule has 1 unspecified atom stereocenters. The average molecular weight is 814 g/mol. The summed E-state index contributed by atoms with van der Waals surface area (Å²) in [7, 11) is 0. The summed E-state index contributed by atoms with van der Waals surface area (Å²) in [5.41, 5.74) is 22.0. The number of hydrogen-bond donors (Lipinski definition) is 0. The standard InChI is InChI=1S/C62H39NO/c1-4-18-40(19-5-1)61(41-20-6-2-7-21-41)51-28-14-10-24-45(51)47-34-32-43(38-55(47)61)63(42-22-8-3-9-23-42)44-33-35-48-46-25-11-15-29-52(46)62(56(48)39-44)53-30-16-12-26-49(53)59-54(62)36-37-58-60(59)50-27-13-17-31-57(50)64-58/h1-39H. The topological polar surface area (TPSA) is 16.4 Å². The largest absolute Gasteiger partial charge is 0.456 e. The lowest BCUT2D eigenvalue weighted by atomic mass is 9.67. The molecular weight excluding hydrogens is 775 g/mol. The minimum Gasteiger partial charge on any atom is -0.456 e. The molecule has 2 heteroatoms. The molecule has 0 aliphatic heterocycles. The third-order valence-electron chi connectivity index (χ3n) is 14.5. The molecule has 0 radical (unpaired) electrons. The van der Waals surface area contributed by atoms with Crippen LogP contribution in [0.1, 0.15) is 44.5 Å². The highest BCUT2D eigenvalue weighted by Gasteiger charge is 2.53. The predicted octanol–water partition coefficient (Wildman–Crippen LogP) is 15.8. The first-order valence-electron chi connectivity index (χ1n) is 22.3. The van der Waals surface area contributed by atoms with E-state index in [1.807, 2.05) is 0 Å². The second-order valence-electron chi connectivity index (χ2n) is 17.5. The zero-order chi connectivity index (χ0) is 42.0. The van der Waals surface area contributed by atoms with Crippen LogP contribution >= 0.6 is 0 Å². The van der Waals surface area contributed by atoms with Crippen molar-refractivity contribution in [3.8, 4) is 33.4 Å². The SMILES string of the molecule is c1ccc(N(c2ccc3c(c2)C(c2ccccc2)(c2ccccc2)c2ccccc2-3)c2ccc3c(c2)C2(c4ccccc4-3)c3ccccc3-c3c2ccc2oc4ccccc4c32)cc1. The smallest absolute Gasteiger partial charge is 0.136 e. The zero-order valence-corrected chi connectivity index (χ0v) is 34.9. The number of anilines is 3. The highest BCUT2D eigenvalue weighted by Crippen LogP contribution is 2.65. The molecule has 0 saturated heterocycles. The van der Waals surface area contributed by atoms with Crippen LogP contribution in [0.3, 0.4) is 0 Å². The quantitative estimate of drug-likeness (QED) is 0.172. The van der Waals surface area contributed by atoms with Gasteiger partial charge in [0, 0.05) is 27.8 Å². The molecule has 2 nitrogen and oxygen atoms in total. The second-order valence-corrected chi connectivity index (χ2v) is 17.5. The van der Waals surface area contributed by atoms with Crippen molar-refractivity contribution in [2.75, 3.05) is 4.90 Å². The normalized spacial score (nSPS) is 15.7. The van der Waals surface area contributed by atoms with Crippen LogP contribution < -0.4 is 4.90 Å². The Labute approximate surface area is 372 Å². The van der Waals surface area contributed by atoms with E-state index in [2.05, 4.69) is 241 Å². The van der Waals surface area contributed by atoms with E-state index in [-0.39, 0.29) is 0 Å². The van der Waals surface area contributed by atoms with Crippen LogP contribution in [0.2, 0.25) is 0 Å². The van der Waals surface area contributed by atoms with Gasteiger partial charge in [0.2, 0.25) is 0 Å². The van der Waals surface area contributed by atoms with E-state index in [1.54, 1.807) is 0 Å². The van der Waals surface area contributed by atoms with Gasteiger partial charge in [0.15, 0.2) is 0 Å². The van der Waals surface area contributed by atoms with Crippen LogP contribution in [-0.4, -0.2) is 0 Å². The van der Waals surface area contributed by atoms with Gasteiger partial charge >= 0.3 is 0 Å². The number of nitrogens with zero attached hydrogens (tertiary/aromatic N) is 1. The Bertz CT molecular complexity index is 3640. The summed E-state index contributed by atoms with van der Waals surface area (Å²) in [6, 6.07) is 87.6. The highest BCUT2D eigenvalue weighted by atomic mass is 16.3. The van der Waals surface area contributed by atoms with Gasteiger partial charge in [-0.25, -0.2) is 0 Å². The Morgan fingerprint density at radius 2 is 0.766 bits per heavy atom. The molecule has 10 aromatic carbocycles. The number of para-hydroxylation sites is 2. The molecule has 0 saturated carbocycles. The number of benzene rings is 10. The van der Waals surface area contributed by atoms with Gasteiger partial charge in [-0.1, -0.05) is 188 Å². The molecule has 0 bridgehead atoms. The Morgan fingerprint density at radius 3 is 1.39 bits per heavy atom. The van der Waals surface area contributed by atoms with Crippen molar-refractivity contribution in [2.45, 2.75) is 10.8 Å². The molecule has 1 spiro atoms.